The number of aromatic amines is 1. The molecule has 1 saturated heterocycles. The summed E-state index contributed by atoms with van der Waals surface area (Å²) < 4.78 is 6.18. The van der Waals surface area contributed by atoms with Crippen molar-refractivity contribution < 1.29 is 4.74 Å². The van der Waals surface area contributed by atoms with Crippen LogP contribution >= 0.6 is 23.2 Å². The number of piperazine rings is 1. The van der Waals surface area contributed by atoms with Crippen LogP contribution in [0.4, 0.5) is 0 Å². The molecule has 4 aromatic rings. The van der Waals surface area contributed by atoms with Gasteiger partial charge in [0.2, 0.25) is 0 Å². The molecule has 6 nitrogen and oxygen atoms in total. The zero-order valence-electron chi connectivity index (χ0n) is 22.0. The Labute approximate surface area is 234 Å². The van der Waals surface area contributed by atoms with Gasteiger partial charge in [0.25, 0.3) is 0 Å². The molecular formula is C30H33Cl2N5O. The first-order valence-corrected chi connectivity index (χ1v) is 13.8. The summed E-state index contributed by atoms with van der Waals surface area (Å²) in [5, 5.41) is 9.55. The Morgan fingerprint density at radius 2 is 1.66 bits per heavy atom. The van der Waals surface area contributed by atoms with Crippen molar-refractivity contribution in [2.45, 2.75) is 39.5 Å². The lowest BCUT2D eigenvalue weighted by atomic mass is 10.1. The highest BCUT2D eigenvalue weighted by atomic mass is 35.5. The Morgan fingerprint density at radius 1 is 0.947 bits per heavy atom. The van der Waals surface area contributed by atoms with Gasteiger partial charge in [0.05, 0.1) is 21.3 Å². The number of pyridine rings is 1. The molecule has 0 radical (unpaired) electrons. The molecule has 0 saturated carbocycles. The van der Waals surface area contributed by atoms with Crippen LogP contribution in [0.15, 0.2) is 54.9 Å². The van der Waals surface area contributed by atoms with Gasteiger partial charge in [-0.25, -0.2) is 0 Å². The van der Waals surface area contributed by atoms with Gasteiger partial charge in [-0.1, -0.05) is 53.5 Å². The summed E-state index contributed by atoms with van der Waals surface area (Å²) in [5.41, 5.74) is 4.99. The van der Waals surface area contributed by atoms with Gasteiger partial charge in [-0.05, 0) is 56.2 Å². The number of halogens is 2. The fourth-order valence-electron chi connectivity index (χ4n) is 4.89. The van der Waals surface area contributed by atoms with Crippen molar-refractivity contribution in [3.8, 4) is 5.75 Å². The molecule has 1 unspecified atom stereocenters. The topological polar surface area (TPSA) is 57.3 Å². The molecule has 0 bridgehead atoms. The number of H-pyrrole nitrogens is 1. The van der Waals surface area contributed by atoms with E-state index < -0.39 is 0 Å². The first-order valence-electron chi connectivity index (χ1n) is 13.0. The van der Waals surface area contributed by atoms with E-state index in [2.05, 4.69) is 69.2 Å². The molecule has 0 spiro atoms. The van der Waals surface area contributed by atoms with E-state index in [0.29, 0.717) is 21.8 Å². The molecule has 198 valence electrons. The molecule has 2 aromatic heterocycles. The molecular weight excluding hydrogens is 517 g/mol. The van der Waals surface area contributed by atoms with E-state index in [1.807, 2.05) is 31.2 Å². The van der Waals surface area contributed by atoms with Crippen molar-refractivity contribution >= 4 is 46.3 Å². The second kappa shape index (κ2) is 11.9. The predicted molar refractivity (Wildman–Crippen MR) is 157 cm³/mol. The van der Waals surface area contributed by atoms with Gasteiger partial charge >= 0.3 is 0 Å². The minimum absolute atomic E-state index is 0.334. The van der Waals surface area contributed by atoms with Crippen LogP contribution in [0.1, 0.15) is 49.3 Å². The largest absolute Gasteiger partial charge is 0.486 e. The number of aromatic nitrogens is 3. The van der Waals surface area contributed by atoms with Gasteiger partial charge in [-0.2, -0.15) is 5.10 Å². The molecule has 0 amide bonds. The van der Waals surface area contributed by atoms with Gasteiger partial charge in [0.1, 0.15) is 11.9 Å². The quantitative estimate of drug-likeness (QED) is 0.254. The lowest BCUT2D eigenvalue weighted by molar-refractivity contribution is 0.104. The normalized spacial score (nSPS) is 16.1. The minimum Gasteiger partial charge on any atom is -0.486 e. The Morgan fingerprint density at radius 3 is 2.34 bits per heavy atom. The number of ether oxygens (including phenoxy) is 1. The Bertz CT molecular complexity index is 1390. The summed E-state index contributed by atoms with van der Waals surface area (Å²) in [6.45, 7) is 12.0. The first-order chi connectivity index (χ1) is 18.4. The molecule has 3 heterocycles. The van der Waals surface area contributed by atoms with E-state index in [4.69, 9.17) is 27.9 Å². The van der Waals surface area contributed by atoms with Gasteiger partial charge in [0, 0.05) is 62.1 Å². The van der Waals surface area contributed by atoms with Crippen molar-refractivity contribution in [2.24, 2.45) is 0 Å². The average Bonchev–Trinajstić information content (AvgIpc) is 3.31. The second-order valence-electron chi connectivity index (χ2n) is 10.1. The van der Waals surface area contributed by atoms with Crippen molar-refractivity contribution in [1.82, 2.24) is 25.0 Å². The van der Waals surface area contributed by atoms with Gasteiger partial charge in [-0.3, -0.25) is 19.9 Å². The fraction of sp³-hybridized carbons (Fsp3) is 0.333. The highest BCUT2D eigenvalue weighted by molar-refractivity contribution is 6.35. The Kier molecular flexibility index (Phi) is 8.34. The molecule has 1 aliphatic heterocycles. The maximum absolute atomic E-state index is 6.31. The van der Waals surface area contributed by atoms with Crippen LogP contribution < -0.4 is 4.74 Å². The molecule has 1 aliphatic rings. The van der Waals surface area contributed by atoms with E-state index in [1.54, 1.807) is 12.4 Å². The second-order valence-corrected chi connectivity index (χ2v) is 10.9. The van der Waals surface area contributed by atoms with E-state index >= 15 is 0 Å². The molecule has 0 aliphatic carbocycles. The van der Waals surface area contributed by atoms with Crippen LogP contribution in [0, 0.1) is 0 Å². The predicted octanol–water partition coefficient (Wildman–Crippen LogP) is 7.10. The van der Waals surface area contributed by atoms with Gasteiger partial charge in [-0.15, -0.1) is 0 Å². The number of rotatable bonds is 8. The highest BCUT2D eigenvalue weighted by Crippen LogP contribution is 2.33. The zero-order chi connectivity index (χ0) is 26.6. The van der Waals surface area contributed by atoms with Crippen molar-refractivity contribution in [1.29, 1.82) is 0 Å². The van der Waals surface area contributed by atoms with Crippen LogP contribution in [-0.4, -0.2) is 57.2 Å². The summed E-state index contributed by atoms with van der Waals surface area (Å²) >= 11 is 12.6. The third kappa shape index (κ3) is 6.21. The Hall–Kier alpha value is -2.90. The lowest BCUT2D eigenvalue weighted by Crippen LogP contribution is -2.48. The summed E-state index contributed by atoms with van der Waals surface area (Å²) in [4.78, 5) is 9.11. The average molecular weight is 551 g/mol. The SMILES string of the molecule is CC(Oc1ccc2[nH]nc(/C=C/c3ccc(CN4CCN(C(C)C)CC4)cc3)c2c1)c1c(Cl)cncc1Cl. The van der Waals surface area contributed by atoms with Crippen LogP contribution in [0.3, 0.4) is 0 Å². The van der Waals surface area contributed by atoms with E-state index in [9.17, 15) is 0 Å². The van der Waals surface area contributed by atoms with E-state index in [1.165, 1.54) is 5.56 Å². The molecule has 1 N–H and O–H groups in total. The van der Waals surface area contributed by atoms with Crippen LogP contribution in [0.5, 0.6) is 5.75 Å². The van der Waals surface area contributed by atoms with Crippen molar-refractivity contribution in [2.75, 3.05) is 26.2 Å². The van der Waals surface area contributed by atoms with Crippen LogP contribution in [-0.2, 0) is 6.54 Å². The number of fused-ring (bicyclic) bond motifs is 1. The number of hydrogen-bond acceptors (Lipinski definition) is 5. The Balaban J connectivity index is 1.24. The third-order valence-electron chi connectivity index (χ3n) is 7.13. The van der Waals surface area contributed by atoms with Gasteiger partial charge < -0.3 is 4.74 Å². The highest BCUT2D eigenvalue weighted by Gasteiger charge is 2.19. The van der Waals surface area contributed by atoms with Crippen LogP contribution in [0.2, 0.25) is 10.0 Å². The van der Waals surface area contributed by atoms with Crippen molar-refractivity contribution in [3.63, 3.8) is 0 Å². The summed E-state index contributed by atoms with van der Waals surface area (Å²) in [6, 6.07) is 15.3. The minimum atomic E-state index is -0.334. The number of hydrogen-bond donors (Lipinski definition) is 1. The van der Waals surface area contributed by atoms with E-state index in [-0.39, 0.29) is 6.10 Å². The fourth-order valence-corrected chi connectivity index (χ4v) is 5.56. The maximum Gasteiger partial charge on any atom is 0.124 e. The molecule has 1 atom stereocenters. The number of nitrogens with zero attached hydrogens (tertiary/aromatic N) is 4. The smallest absolute Gasteiger partial charge is 0.124 e. The van der Waals surface area contributed by atoms with Gasteiger partial charge in [0.15, 0.2) is 0 Å². The molecule has 1 fully saturated rings. The molecule has 8 heteroatoms. The molecule has 2 aromatic carbocycles. The monoisotopic (exact) mass is 549 g/mol. The number of nitrogens with one attached hydrogen (secondary N) is 1. The summed E-state index contributed by atoms with van der Waals surface area (Å²) in [6.07, 6.45) is 6.94. The zero-order valence-corrected chi connectivity index (χ0v) is 23.5. The van der Waals surface area contributed by atoms with Crippen LogP contribution in [0.25, 0.3) is 23.1 Å². The molecule has 38 heavy (non-hydrogen) atoms. The maximum atomic E-state index is 6.31. The summed E-state index contributed by atoms with van der Waals surface area (Å²) in [5.74, 6) is 0.712. The standard InChI is InChI=1S/C30H33Cl2N5O/c1-20(2)37-14-12-36(13-15-37)19-23-6-4-22(5-7-23)8-10-28-25-16-24(9-11-29(25)35-34-28)38-21(3)30-26(31)17-33-18-27(30)32/h4-11,16-18,20-21H,12-15,19H2,1-3H3,(H,34,35)/b10-8+. The molecule has 5 rings (SSSR count). The first kappa shape index (κ1) is 26.7. The lowest BCUT2D eigenvalue weighted by Gasteiger charge is -2.36. The van der Waals surface area contributed by atoms with Crippen molar-refractivity contribution in [3.05, 3.63) is 87.3 Å². The number of benzene rings is 2. The third-order valence-corrected chi connectivity index (χ3v) is 7.73. The van der Waals surface area contributed by atoms with E-state index in [0.717, 1.165) is 60.4 Å². The summed E-state index contributed by atoms with van der Waals surface area (Å²) in [7, 11) is 0.